The zero-order valence-corrected chi connectivity index (χ0v) is 16.1. The minimum Gasteiger partial charge on any atom is -0.379 e. The molecule has 1 aromatic carbocycles. The van der Waals surface area contributed by atoms with E-state index in [1.54, 1.807) is 4.68 Å². The molecule has 1 aliphatic rings. The normalized spacial score (nSPS) is 17.3. The lowest BCUT2D eigenvalue weighted by atomic mass is 9.95. The smallest absolute Gasteiger partial charge is 0.319 e. The number of hydrogen-bond acceptors (Lipinski definition) is 6. The Morgan fingerprint density at radius 3 is 2.78 bits per heavy atom. The van der Waals surface area contributed by atoms with Crippen LogP contribution in [0.4, 0.5) is 10.5 Å². The Labute approximate surface area is 159 Å². The van der Waals surface area contributed by atoms with Crippen molar-refractivity contribution in [3.05, 3.63) is 30.1 Å². The summed E-state index contributed by atoms with van der Waals surface area (Å²) in [5.41, 5.74) is 1.39. The molecule has 2 aromatic rings. The zero-order chi connectivity index (χ0) is 19.3. The van der Waals surface area contributed by atoms with Gasteiger partial charge in [-0.1, -0.05) is 13.0 Å². The fourth-order valence-corrected chi connectivity index (χ4v) is 3.20. The van der Waals surface area contributed by atoms with Gasteiger partial charge in [-0.3, -0.25) is 4.90 Å². The average Bonchev–Trinajstić information content (AvgIpc) is 3.13. The van der Waals surface area contributed by atoms with E-state index < -0.39 is 0 Å². The molecule has 1 atom stereocenters. The number of rotatable bonds is 6. The highest BCUT2D eigenvalue weighted by Crippen LogP contribution is 2.20. The van der Waals surface area contributed by atoms with Gasteiger partial charge in [-0.05, 0) is 48.9 Å². The molecular weight excluding hydrogens is 346 g/mol. The summed E-state index contributed by atoms with van der Waals surface area (Å²) in [6.07, 6.45) is 0.946. The summed E-state index contributed by atoms with van der Waals surface area (Å²) in [4.78, 5) is 14.8. The quantitative estimate of drug-likeness (QED) is 0.798. The summed E-state index contributed by atoms with van der Waals surface area (Å²) in [5.74, 6) is 0.681. The first-order chi connectivity index (χ1) is 13.0. The van der Waals surface area contributed by atoms with Gasteiger partial charge < -0.3 is 15.4 Å². The molecule has 0 aliphatic carbocycles. The van der Waals surface area contributed by atoms with Gasteiger partial charge in [0.25, 0.3) is 0 Å². The van der Waals surface area contributed by atoms with E-state index >= 15 is 0 Å². The number of hydrogen-bond donors (Lipinski definition) is 2. The van der Waals surface area contributed by atoms with Crippen LogP contribution in [0.5, 0.6) is 0 Å². The summed E-state index contributed by atoms with van der Waals surface area (Å²) in [7, 11) is 0. The predicted octanol–water partition coefficient (Wildman–Crippen LogP) is 1.59. The SMILES string of the molecule is CCC(C)(CNC(=O)Nc1cccc(-n2nnnc2C)c1)N1CCOCC1. The number of nitrogens with one attached hydrogen (secondary N) is 2. The Hall–Kier alpha value is -2.52. The number of anilines is 1. The molecule has 27 heavy (non-hydrogen) atoms. The van der Waals surface area contributed by atoms with Gasteiger partial charge in [0, 0.05) is 30.9 Å². The molecule has 0 bridgehead atoms. The van der Waals surface area contributed by atoms with Crippen LogP contribution in [-0.4, -0.2) is 69.5 Å². The summed E-state index contributed by atoms with van der Waals surface area (Å²) in [6, 6.07) is 7.19. The molecule has 3 rings (SSSR count). The molecule has 9 heteroatoms. The van der Waals surface area contributed by atoms with Crippen molar-refractivity contribution in [3.8, 4) is 5.69 Å². The standard InChI is InChI=1S/C18H27N7O2/c1-4-18(3,24-8-10-27-11-9-24)13-19-17(26)20-15-6-5-7-16(12-15)25-14(2)21-22-23-25/h5-7,12H,4,8-11,13H2,1-3H3,(H2,19,20,26). The van der Waals surface area contributed by atoms with Gasteiger partial charge >= 0.3 is 6.03 Å². The first kappa shape index (κ1) is 19.2. The zero-order valence-electron chi connectivity index (χ0n) is 16.1. The van der Waals surface area contributed by atoms with Crippen molar-refractivity contribution in [2.24, 2.45) is 0 Å². The third kappa shape index (κ3) is 4.61. The van der Waals surface area contributed by atoms with Crippen molar-refractivity contribution in [1.82, 2.24) is 30.4 Å². The highest BCUT2D eigenvalue weighted by molar-refractivity contribution is 5.89. The lowest BCUT2D eigenvalue weighted by Crippen LogP contribution is -2.57. The van der Waals surface area contributed by atoms with Crippen molar-refractivity contribution in [2.75, 3.05) is 38.2 Å². The molecule has 146 valence electrons. The van der Waals surface area contributed by atoms with Crippen LogP contribution < -0.4 is 10.6 Å². The van der Waals surface area contributed by atoms with E-state index in [-0.39, 0.29) is 11.6 Å². The van der Waals surface area contributed by atoms with Crippen LogP contribution in [0.25, 0.3) is 5.69 Å². The van der Waals surface area contributed by atoms with Gasteiger partial charge in [-0.2, -0.15) is 4.68 Å². The van der Waals surface area contributed by atoms with Gasteiger partial charge in [-0.25, -0.2) is 4.79 Å². The maximum Gasteiger partial charge on any atom is 0.319 e. The second kappa shape index (κ2) is 8.45. The van der Waals surface area contributed by atoms with E-state index in [1.165, 1.54) is 0 Å². The van der Waals surface area contributed by atoms with Gasteiger partial charge in [0.2, 0.25) is 0 Å². The lowest BCUT2D eigenvalue weighted by Gasteiger charge is -2.43. The van der Waals surface area contributed by atoms with E-state index in [9.17, 15) is 4.79 Å². The molecule has 0 spiro atoms. The number of morpholine rings is 1. The number of urea groups is 1. The maximum absolute atomic E-state index is 12.4. The van der Waals surface area contributed by atoms with Crippen LogP contribution >= 0.6 is 0 Å². The number of tetrazole rings is 1. The number of ether oxygens (including phenoxy) is 1. The van der Waals surface area contributed by atoms with Gasteiger partial charge in [0.1, 0.15) is 0 Å². The number of benzene rings is 1. The van der Waals surface area contributed by atoms with Crippen LogP contribution in [0.15, 0.2) is 24.3 Å². The number of aromatic nitrogens is 4. The molecule has 0 radical (unpaired) electrons. The Bertz CT molecular complexity index is 773. The first-order valence-electron chi connectivity index (χ1n) is 9.25. The maximum atomic E-state index is 12.4. The van der Waals surface area contributed by atoms with Gasteiger partial charge in [-0.15, -0.1) is 5.10 Å². The number of nitrogens with zero attached hydrogens (tertiary/aromatic N) is 5. The minimum atomic E-state index is -0.228. The molecule has 1 unspecified atom stereocenters. The molecule has 1 aromatic heterocycles. The highest BCUT2D eigenvalue weighted by Gasteiger charge is 2.31. The van der Waals surface area contributed by atoms with Crippen molar-refractivity contribution >= 4 is 11.7 Å². The third-order valence-electron chi connectivity index (χ3n) is 5.14. The molecule has 2 N–H and O–H groups in total. The minimum absolute atomic E-state index is 0.0908. The molecule has 1 saturated heterocycles. The first-order valence-corrected chi connectivity index (χ1v) is 9.25. The van der Waals surface area contributed by atoms with Crippen molar-refractivity contribution in [3.63, 3.8) is 0 Å². The van der Waals surface area contributed by atoms with Crippen molar-refractivity contribution in [2.45, 2.75) is 32.7 Å². The fraction of sp³-hybridized carbons (Fsp3) is 0.556. The van der Waals surface area contributed by atoms with Crippen LogP contribution in [0, 0.1) is 6.92 Å². The predicted molar refractivity (Wildman–Crippen MR) is 102 cm³/mol. The van der Waals surface area contributed by atoms with Crippen LogP contribution in [0.2, 0.25) is 0 Å². The van der Waals surface area contributed by atoms with E-state index in [0.29, 0.717) is 18.1 Å². The molecule has 1 fully saturated rings. The monoisotopic (exact) mass is 373 g/mol. The largest absolute Gasteiger partial charge is 0.379 e. The molecule has 1 aliphatic heterocycles. The van der Waals surface area contributed by atoms with Crippen LogP contribution in [-0.2, 0) is 4.74 Å². The molecule has 9 nitrogen and oxygen atoms in total. The molecule has 2 heterocycles. The van der Waals surface area contributed by atoms with Crippen molar-refractivity contribution in [1.29, 1.82) is 0 Å². The van der Waals surface area contributed by atoms with E-state index in [2.05, 4.69) is 44.9 Å². The van der Waals surface area contributed by atoms with E-state index in [1.807, 2.05) is 31.2 Å². The van der Waals surface area contributed by atoms with E-state index in [4.69, 9.17) is 4.74 Å². The second-order valence-electron chi connectivity index (χ2n) is 6.95. The Balaban J connectivity index is 1.60. The Morgan fingerprint density at radius 2 is 2.11 bits per heavy atom. The average molecular weight is 373 g/mol. The number of aryl methyl sites for hydroxylation is 1. The van der Waals surface area contributed by atoms with Crippen LogP contribution in [0.1, 0.15) is 26.1 Å². The third-order valence-corrected chi connectivity index (χ3v) is 5.14. The number of carbonyl (C=O) groups excluding carboxylic acids is 1. The topological polar surface area (TPSA) is 97.2 Å². The van der Waals surface area contributed by atoms with Crippen molar-refractivity contribution < 1.29 is 9.53 Å². The molecular formula is C18H27N7O2. The second-order valence-corrected chi connectivity index (χ2v) is 6.95. The highest BCUT2D eigenvalue weighted by atomic mass is 16.5. The van der Waals surface area contributed by atoms with Gasteiger partial charge in [0.05, 0.1) is 18.9 Å². The Morgan fingerprint density at radius 1 is 1.33 bits per heavy atom. The summed E-state index contributed by atoms with van der Waals surface area (Å²) < 4.78 is 7.06. The summed E-state index contributed by atoms with van der Waals surface area (Å²) >= 11 is 0. The number of carbonyl (C=O) groups is 1. The molecule has 2 amide bonds. The van der Waals surface area contributed by atoms with Gasteiger partial charge in [0.15, 0.2) is 5.82 Å². The Kier molecular flexibility index (Phi) is 6.02. The molecule has 0 saturated carbocycles. The fourth-order valence-electron chi connectivity index (χ4n) is 3.20. The van der Waals surface area contributed by atoms with E-state index in [0.717, 1.165) is 38.4 Å². The lowest BCUT2D eigenvalue weighted by molar-refractivity contribution is -0.0163. The summed E-state index contributed by atoms with van der Waals surface area (Å²) in [6.45, 7) is 9.98. The van der Waals surface area contributed by atoms with Crippen LogP contribution in [0.3, 0.4) is 0 Å². The summed E-state index contributed by atoms with van der Waals surface area (Å²) in [5, 5.41) is 17.4. The number of amides is 2.